The van der Waals surface area contributed by atoms with E-state index in [2.05, 4.69) is 4.98 Å². The van der Waals surface area contributed by atoms with Crippen molar-refractivity contribution in [3.8, 4) is 11.1 Å². The molecule has 0 unspecified atom stereocenters. The summed E-state index contributed by atoms with van der Waals surface area (Å²) in [6, 6.07) is 10.2. The summed E-state index contributed by atoms with van der Waals surface area (Å²) < 4.78 is 37.9. The van der Waals surface area contributed by atoms with Crippen molar-refractivity contribution in [2.45, 2.75) is 18.8 Å². The molecule has 1 aliphatic rings. The molecule has 4 nitrogen and oxygen atoms in total. The quantitative estimate of drug-likeness (QED) is 0.867. The molecule has 0 aliphatic carbocycles. The van der Waals surface area contributed by atoms with Crippen LogP contribution in [0.4, 0.5) is 4.39 Å². The average Bonchev–Trinajstić information content (AvgIpc) is 2.55. The zero-order chi connectivity index (χ0) is 16.4. The van der Waals surface area contributed by atoms with Gasteiger partial charge in [-0.15, -0.1) is 0 Å². The van der Waals surface area contributed by atoms with Crippen LogP contribution in [-0.4, -0.2) is 37.1 Å². The van der Waals surface area contributed by atoms with Crippen molar-refractivity contribution in [1.82, 2.24) is 9.29 Å². The fraction of sp³-hybridized carbons (Fsp3) is 0.353. The maximum Gasteiger partial charge on any atom is 0.211 e. The number of piperidine rings is 1. The van der Waals surface area contributed by atoms with E-state index in [0.29, 0.717) is 13.1 Å². The summed E-state index contributed by atoms with van der Waals surface area (Å²) in [5.41, 5.74) is 2.74. The average molecular weight is 334 g/mol. The van der Waals surface area contributed by atoms with Crippen LogP contribution in [-0.2, 0) is 10.0 Å². The third kappa shape index (κ3) is 3.76. The maximum atomic E-state index is 13.0. The first-order valence-corrected chi connectivity index (χ1v) is 9.45. The van der Waals surface area contributed by atoms with Gasteiger partial charge in [0.25, 0.3) is 0 Å². The van der Waals surface area contributed by atoms with Gasteiger partial charge in [-0.05, 0) is 36.6 Å². The molecule has 23 heavy (non-hydrogen) atoms. The molecule has 0 radical (unpaired) electrons. The van der Waals surface area contributed by atoms with Gasteiger partial charge in [0, 0.05) is 36.5 Å². The number of rotatable bonds is 3. The Hall–Kier alpha value is -1.79. The second-order valence-electron chi connectivity index (χ2n) is 5.94. The fourth-order valence-corrected chi connectivity index (χ4v) is 3.86. The highest BCUT2D eigenvalue weighted by atomic mass is 32.2. The van der Waals surface area contributed by atoms with Crippen molar-refractivity contribution >= 4 is 10.0 Å². The van der Waals surface area contributed by atoms with E-state index in [9.17, 15) is 12.8 Å². The molecule has 1 saturated heterocycles. The van der Waals surface area contributed by atoms with E-state index in [1.165, 1.54) is 22.7 Å². The number of halogens is 1. The van der Waals surface area contributed by atoms with Gasteiger partial charge >= 0.3 is 0 Å². The number of hydrogen-bond acceptors (Lipinski definition) is 3. The van der Waals surface area contributed by atoms with Gasteiger partial charge in [-0.25, -0.2) is 17.1 Å². The number of benzene rings is 1. The summed E-state index contributed by atoms with van der Waals surface area (Å²) in [4.78, 5) is 4.50. The summed E-state index contributed by atoms with van der Waals surface area (Å²) in [6.45, 7) is 1.07. The second-order valence-corrected chi connectivity index (χ2v) is 7.92. The molecular formula is C17H19FN2O2S. The van der Waals surface area contributed by atoms with Gasteiger partial charge in [0.1, 0.15) is 5.82 Å². The molecule has 0 bridgehead atoms. The molecule has 1 fully saturated rings. The normalized spacial score (nSPS) is 19.7. The molecular weight excluding hydrogens is 315 g/mol. The summed E-state index contributed by atoms with van der Waals surface area (Å²) in [7, 11) is -3.15. The van der Waals surface area contributed by atoms with Crippen LogP contribution in [0.2, 0.25) is 0 Å². The van der Waals surface area contributed by atoms with E-state index < -0.39 is 10.0 Å². The number of nitrogens with zero attached hydrogens (tertiary/aromatic N) is 2. The van der Waals surface area contributed by atoms with Gasteiger partial charge in [0.15, 0.2) is 0 Å². The van der Waals surface area contributed by atoms with Crippen LogP contribution in [0.25, 0.3) is 11.1 Å². The van der Waals surface area contributed by atoms with E-state index in [1.54, 1.807) is 18.3 Å². The van der Waals surface area contributed by atoms with Crippen LogP contribution in [0.3, 0.4) is 0 Å². The molecule has 0 N–H and O–H groups in total. The first-order valence-electron chi connectivity index (χ1n) is 7.60. The van der Waals surface area contributed by atoms with E-state index in [0.717, 1.165) is 29.7 Å². The van der Waals surface area contributed by atoms with Crippen molar-refractivity contribution in [3.63, 3.8) is 0 Å². The third-order valence-electron chi connectivity index (χ3n) is 4.24. The number of hydrogen-bond donors (Lipinski definition) is 0. The van der Waals surface area contributed by atoms with Crippen molar-refractivity contribution in [2.24, 2.45) is 0 Å². The Morgan fingerprint density at radius 1 is 1.13 bits per heavy atom. The Balaban J connectivity index is 1.78. The molecule has 122 valence electrons. The molecule has 3 rings (SSSR count). The van der Waals surface area contributed by atoms with E-state index >= 15 is 0 Å². The molecule has 0 saturated carbocycles. The van der Waals surface area contributed by atoms with Gasteiger partial charge in [0.2, 0.25) is 10.0 Å². The SMILES string of the molecule is CS(=O)(=O)N1CCC[C@@H](c2ccc(-c3ccc(F)cc3)cn2)C1. The molecule has 6 heteroatoms. The highest BCUT2D eigenvalue weighted by molar-refractivity contribution is 7.88. The van der Waals surface area contributed by atoms with E-state index in [-0.39, 0.29) is 11.7 Å². The Kier molecular flexibility index (Phi) is 4.46. The molecule has 2 heterocycles. The maximum absolute atomic E-state index is 13.0. The number of pyridine rings is 1. The number of aromatic nitrogens is 1. The van der Waals surface area contributed by atoms with Crippen LogP contribution < -0.4 is 0 Å². The first kappa shape index (κ1) is 16.1. The lowest BCUT2D eigenvalue weighted by Gasteiger charge is -2.30. The topological polar surface area (TPSA) is 50.3 Å². The highest BCUT2D eigenvalue weighted by Crippen LogP contribution is 2.28. The van der Waals surface area contributed by atoms with Crippen LogP contribution >= 0.6 is 0 Å². The molecule has 1 aromatic carbocycles. The highest BCUT2D eigenvalue weighted by Gasteiger charge is 2.27. The lowest BCUT2D eigenvalue weighted by molar-refractivity contribution is 0.314. The predicted octanol–water partition coefficient (Wildman–Crippen LogP) is 3.03. The molecule has 1 atom stereocenters. The zero-order valence-corrected chi connectivity index (χ0v) is 13.8. The molecule has 2 aromatic rings. The molecule has 1 aromatic heterocycles. The van der Waals surface area contributed by atoms with Crippen molar-refractivity contribution in [2.75, 3.05) is 19.3 Å². The minimum atomic E-state index is -3.15. The lowest BCUT2D eigenvalue weighted by atomic mass is 9.95. The Labute approximate surface area is 136 Å². The second kappa shape index (κ2) is 6.37. The van der Waals surface area contributed by atoms with Gasteiger partial charge in [-0.3, -0.25) is 4.98 Å². The van der Waals surface area contributed by atoms with Crippen LogP contribution in [0.5, 0.6) is 0 Å². The first-order chi connectivity index (χ1) is 10.9. The summed E-state index contributed by atoms with van der Waals surface area (Å²) in [6.07, 6.45) is 4.80. The summed E-state index contributed by atoms with van der Waals surface area (Å²) in [5, 5.41) is 0. The van der Waals surface area contributed by atoms with Crippen LogP contribution in [0.15, 0.2) is 42.6 Å². The Morgan fingerprint density at radius 2 is 1.83 bits per heavy atom. The number of sulfonamides is 1. The fourth-order valence-electron chi connectivity index (χ4n) is 2.94. The summed E-state index contributed by atoms with van der Waals surface area (Å²) >= 11 is 0. The largest absolute Gasteiger partial charge is 0.260 e. The minimum Gasteiger partial charge on any atom is -0.260 e. The van der Waals surface area contributed by atoms with Gasteiger partial charge in [-0.1, -0.05) is 18.2 Å². The smallest absolute Gasteiger partial charge is 0.211 e. The Bertz CT molecular complexity index is 773. The van der Waals surface area contributed by atoms with E-state index in [4.69, 9.17) is 0 Å². The van der Waals surface area contributed by atoms with Crippen molar-refractivity contribution in [3.05, 3.63) is 54.1 Å². The lowest BCUT2D eigenvalue weighted by Crippen LogP contribution is -2.38. The summed E-state index contributed by atoms with van der Waals surface area (Å²) in [5.74, 6) is -0.137. The standard InChI is InChI=1S/C17H19FN2O2S/c1-23(21,22)20-10-2-3-15(12-20)17-9-6-14(11-19-17)13-4-7-16(18)8-5-13/h4-9,11,15H,2-3,10,12H2,1H3/t15-/m1/s1. The molecule has 1 aliphatic heterocycles. The van der Waals surface area contributed by atoms with Gasteiger partial charge in [0.05, 0.1) is 6.26 Å². The minimum absolute atomic E-state index is 0.126. The van der Waals surface area contributed by atoms with Crippen molar-refractivity contribution < 1.29 is 12.8 Å². The zero-order valence-electron chi connectivity index (χ0n) is 12.9. The van der Waals surface area contributed by atoms with Gasteiger partial charge < -0.3 is 0 Å². The monoisotopic (exact) mass is 334 g/mol. The Morgan fingerprint density at radius 3 is 2.43 bits per heavy atom. The molecule has 0 spiro atoms. The van der Waals surface area contributed by atoms with Crippen LogP contribution in [0, 0.1) is 5.82 Å². The van der Waals surface area contributed by atoms with Crippen LogP contribution in [0.1, 0.15) is 24.5 Å². The molecule has 0 amide bonds. The van der Waals surface area contributed by atoms with Crippen molar-refractivity contribution in [1.29, 1.82) is 0 Å². The van der Waals surface area contributed by atoms with Gasteiger partial charge in [-0.2, -0.15) is 0 Å². The predicted molar refractivity (Wildman–Crippen MR) is 88.0 cm³/mol. The van der Waals surface area contributed by atoms with E-state index in [1.807, 2.05) is 12.1 Å². The third-order valence-corrected chi connectivity index (χ3v) is 5.51.